The number of amides is 1. The minimum Gasteiger partial charge on any atom is -0.491 e. The predicted molar refractivity (Wildman–Crippen MR) is 109 cm³/mol. The molecule has 0 aliphatic carbocycles. The number of hydrogen-bond acceptors (Lipinski definition) is 5. The Labute approximate surface area is 171 Å². The van der Waals surface area contributed by atoms with Gasteiger partial charge in [0.15, 0.2) is 0 Å². The van der Waals surface area contributed by atoms with Crippen LogP contribution in [0.15, 0.2) is 48.8 Å². The molecule has 0 spiro atoms. The van der Waals surface area contributed by atoms with Crippen LogP contribution in [-0.2, 0) is 4.74 Å². The van der Waals surface area contributed by atoms with E-state index < -0.39 is 0 Å². The first-order valence-electron chi connectivity index (χ1n) is 9.57. The summed E-state index contributed by atoms with van der Waals surface area (Å²) in [6.45, 7) is 3.53. The summed E-state index contributed by atoms with van der Waals surface area (Å²) in [4.78, 5) is 19.3. The fourth-order valence-corrected chi connectivity index (χ4v) is 3.67. The van der Waals surface area contributed by atoms with E-state index in [9.17, 15) is 4.79 Å². The van der Waals surface area contributed by atoms with Crippen molar-refractivity contribution < 1.29 is 14.3 Å². The highest BCUT2D eigenvalue weighted by atomic mass is 35.5. The van der Waals surface area contributed by atoms with Crippen LogP contribution in [0.1, 0.15) is 34.8 Å². The smallest absolute Gasteiger partial charge is 0.254 e. The van der Waals surface area contributed by atoms with Crippen molar-refractivity contribution in [1.29, 1.82) is 0 Å². The lowest BCUT2D eigenvalue weighted by Crippen LogP contribution is -2.48. The Morgan fingerprint density at radius 3 is 3.04 bits per heavy atom. The van der Waals surface area contributed by atoms with Gasteiger partial charge in [-0.05, 0) is 42.7 Å². The van der Waals surface area contributed by atoms with Crippen molar-refractivity contribution in [1.82, 2.24) is 15.2 Å². The molecule has 2 aliphatic rings. The number of carbonyl (C=O) groups excluding carboxylic acids is 1. The highest BCUT2D eigenvalue weighted by Gasteiger charge is 2.29. The van der Waals surface area contributed by atoms with Crippen LogP contribution in [0.2, 0.25) is 0 Å². The Bertz CT molecular complexity index is 769. The SMILES string of the molecule is Cl.O=C(c1cccc(OCC2CCCO2)c1)N1CCNCC1c1cccnc1. The van der Waals surface area contributed by atoms with Crippen LogP contribution < -0.4 is 10.1 Å². The maximum atomic E-state index is 13.2. The van der Waals surface area contributed by atoms with E-state index in [-0.39, 0.29) is 30.5 Å². The molecule has 7 heteroatoms. The summed E-state index contributed by atoms with van der Waals surface area (Å²) < 4.78 is 11.5. The van der Waals surface area contributed by atoms with E-state index >= 15 is 0 Å². The second-order valence-electron chi connectivity index (χ2n) is 6.98. The van der Waals surface area contributed by atoms with Crippen LogP contribution in [0.4, 0.5) is 0 Å². The van der Waals surface area contributed by atoms with Crippen molar-refractivity contribution in [2.24, 2.45) is 0 Å². The normalized spacial score (nSPS) is 21.8. The van der Waals surface area contributed by atoms with E-state index in [0.717, 1.165) is 38.1 Å². The van der Waals surface area contributed by atoms with Gasteiger partial charge in [-0.25, -0.2) is 0 Å². The number of nitrogens with zero attached hydrogens (tertiary/aromatic N) is 2. The Morgan fingerprint density at radius 2 is 2.25 bits per heavy atom. The fraction of sp³-hybridized carbons (Fsp3) is 0.429. The monoisotopic (exact) mass is 403 g/mol. The van der Waals surface area contributed by atoms with E-state index in [1.807, 2.05) is 47.5 Å². The molecule has 28 heavy (non-hydrogen) atoms. The molecule has 2 unspecified atom stereocenters. The minimum absolute atomic E-state index is 0. The average molecular weight is 404 g/mol. The summed E-state index contributed by atoms with van der Waals surface area (Å²) in [7, 11) is 0. The molecular formula is C21H26ClN3O3. The summed E-state index contributed by atoms with van der Waals surface area (Å²) >= 11 is 0. The fourth-order valence-electron chi connectivity index (χ4n) is 3.67. The summed E-state index contributed by atoms with van der Waals surface area (Å²) in [5.41, 5.74) is 1.69. The van der Waals surface area contributed by atoms with Crippen LogP contribution in [0, 0.1) is 0 Å². The average Bonchev–Trinajstić information content (AvgIpc) is 3.26. The van der Waals surface area contributed by atoms with E-state index in [2.05, 4.69) is 10.3 Å². The van der Waals surface area contributed by atoms with Gasteiger partial charge in [0.2, 0.25) is 0 Å². The quantitative estimate of drug-likeness (QED) is 0.831. The van der Waals surface area contributed by atoms with E-state index in [0.29, 0.717) is 24.5 Å². The van der Waals surface area contributed by atoms with Crippen LogP contribution in [0.5, 0.6) is 5.75 Å². The van der Waals surface area contributed by atoms with Crippen LogP contribution in [0.25, 0.3) is 0 Å². The molecule has 0 saturated carbocycles. The predicted octanol–water partition coefficient (Wildman–Crippen LogP) is 2.85. The summed E-state index contributed by atoms with van der Waals surface area (Å²) in [5.74, 6) is 0.734. The number of pyridine rings is 1. The molecule has 4 rings (SSSR count). The van der Waals surface area contributed by atoms with Gasteiger partial charge in [-0.3, -0.25) is 9.78 Å². The van der Waals surface area contributed by atoms with Gasteiger partial charge >= 0.3 is 0 Å². The standard InChI is InChI=1S/C21H25N3O3.ClH/c25-21(24-10-9-23-14-20(24)17-5-2-8-22-13-17)16-4-1-6-18(12-16)27-15-19-7-3-11-26-19;/h1-2,4-6,8,12-13,19-20,23H,3,7,9-11,14-15H2;1H. The number of carbonyl (C=O) groups is 1. The zero-order valence-electron chi connectivity index (χ0n) is 15.8. The van der Waals surface area contributed by atoms with E-state index in [1.165, 1.54) is 0 Å². The summed E-state index contributed by atoms with van der Waals surface area (Å²) in [6.07, 6.45) is 5.87. The first-order chi connectivity index (χ1) is 13.3. The number of nitrogens with one attached hydrogen (secondary N) is 1. The molecule has 2 atom stereocenters. The zero-order chi connectivity index (χ0) is 18.5. The maximum absolute atomic E-state index is 13.2. The number of hydrogen-bond donors (Lipinski definition) is 1. The van der Waals surface area contributed by atoms with Crippen molar-refractivity contribution in [3.63, 3.8) is 0 Å². The third kappa shape index (κ3) is 4.82. The Morgan fingerprint density at radius 1 is 1.32 bits per heavy atom. The molecule has 3 heterocycles. The number of benzene rings is 1. The molecule has 1 amide bonds. The molecule has 1 aromatic heterocycles. The first kappa shape index (κ1) is 20.6. The Balaban J connectivity index is 0.00000225. The Hall–Kier alpha value is -2.15. The molecule has 6 nitrogen and oxygen atoms in total. The van der Waals surface area contributed by atoms with Crippen molar-refractivity contribution >= 4 is 18.3 Å². The van der Waals surface area contributed by atoms with Crippen LogP contribution in [0.3, 0.4) is 0 Å². The molecular weight excluding hydrogens is 378 g/mol. The molecule has 1 aromatic carbocycles. The summed E-state index contributed by atoms with van der Waals surface area (Å²) in [6, 6.07) is 11.4. The van der Waals surface area contributed by atoms with Crippen molar-refractivity contribution in [2.45, 2.75) is 25.0 Å². The van der Waals surface area contributed by atoms with Crippen molar-refractivity contribution in [3.8, 4) is 5.75 Å². The van der Waals surface area contributed by atoms with Gasteiger partial charge in [0.25, 0.3) is 5.91 Å². The van der Waals surface area contributed by atoms with Gasteiger partial charge in [-0.2, -0.15) is 0 Å². The third-order valence-electron chi connectivity index (χ3n) is 5.11. The maximum Gasteiger partial charge on any atom is 0.254 e. The lowest BCUT2D eigenvalue weighted by molar-refractivity contribution is 0.0630. The van der Waals surface area contributed by atoms with Gasteiger partial charge in [-0.1, -0.05) is 12.1 Å². The third-order valence-corrected chi connectivity index (χ3v) is 5.11. The van der Waals surface area contributed by atoms with Crippen LogP contribution in [-0.4, -0.2) is 54.7 Å². The van der Waals surface area contributed by atoms with Gasteiger partial charge in [-0.15, -0.1) is 12.4 Å². The summed E-state index contributed by atoms with van der Waals surface area (Å²) in [5, 5.41) is 3.37. The van der Waals surface area contributed by atoms with Gasteiger partial charge in [0.05, 0.1) is 12.1 Å². The van der Waals surface area contributed by atoms with Crippen LogP contribution >= 0.6 is 12.4 Å². The molecule has 0 radical (unpaired) electrons. The molecule has 2 saturated heterocycles. The highest BCUT2D eigenvalue weighted by molar-refractivity contribution is 5.95. The molecule has 150 valence electrons. The second kappa shape index (κ2) is 9.87. The molecule has 2 aliphatic heterocycles. The number of halogens is 1. The number of aromatic nitrogens is 1. The number of piperazine rings is 1. The van der Waals surface area contributed by atoms with Gasteiger partial charge in [0, 0.05) is 44.2 Å². The first-order valence-corrected chi connectivity index (χ1v) is 9.57. The number of ether oxygens (including phenoxy) is 2. The second-order valence-corrected chi connectivity index (χ2v) is 6.98. The van der Waals surface area contributed by atoms with Gasteiger partial charge in [0.1, 0.15) is 12.4 Å². The Kier molecular flexibility index (Phi) is 7.25. The van der Waals surface area contributed by atoms with Crippen molar-refractivity contribution in [3.05, 3.63) is 59.9 Å². The highest BCUT2D eigenvalue weighted by Crippen LogP contribution is 2.25. The van der Waals surface area contributed by atoms with E-state index in [1.54, 1.807) is 6.20 Å². The largest absolute Gasteiger partial charge is 0.491 e. The molecule has 0 bridgehead atoms. The van der Waals surface area contributed by atoms with E-state index in [4.69, 9.17) is 9.47 Å². The van der Waals surface area contributed by atoms with Crippen molar-refractivity contribution in [2.75, 3.05) is 32.8 Å². The zero-order valence-corrected chi connectivity index (χ0v) is 16.6. The number of rotatable bonds is 5. The minimum atomic E-state index is -0.0172. The topological polar surface area (TPSA) is 63.7 Å². The van der Waals surface area contributed by atoms with Gasteiger partial charge < -0.3 is 19.7 Å². The lowest BCUT2D eigenvalue weighted by atomic mass is 10.0. The lowest BCUT2D eigenvalue weighted by Gasteiger charge is -2.36. The molecule has 1 N–H and O–H groups in total. The molecule has 2 aromatic rings. The molecule has 2 fully saturated rings.